The van der Waals surface area contributed by atoms with Crippen LogP contribution in [-0.2, 0) is 10.0 Å². The van der Waals surface area contributed by atoms with Gasteiger partial charge < -0.3 is 19.2 Å². The minimum absolute atomic E-state index is 0.0747. The first-order chi connectivity index (χ1) is 12.4. The number of anilines is 2. The number of rotatable bonds is 6. The van der Waals surface area contributed by atoms with Gasteiger partial charge >= 0.3 is 0 Å². The van der Waals surface area contributed by atoms with Crippen LogP contribution in [0.25, 0.3) is 11.3 Å². The first-order valence-electron chi connectivity index (χ1n) is 7.49. The molecule has 9 heteroatoms. The van der Waals surface area contributed by atoms with Crippen molar-refractivity contribution in [3.63, 3.8) is 0 Å². The van der Waals surface area contributed by atoms with Gasteiger partial charge in [0.25, 0.3) is 6.01 Å². The molecule has 3 N–H and O–H groups in total. The Kier molecular flexibility index (Phi) is 4.83. The summed E-state index contributed by atoms with van der Waals surface area (Å²) in [4.78, 5) is 3.99. The molecular formula is C17H17N3O5S. The molecule has 0 radical (unpaired) electrons. The Morgan fingerprint density at radius 1 is 1.08 bits per heavy atom. The zero-order valence-corrected chi connectivity index (χ0v) is 14.9. The van der Waals surface area contributed by atoms with Gasteiger partial charge in [-0.05, 0) is 0 Å². The summed E-state index contributed by atoms with van der Waals surface area (Å²) < 4.78 is 39.4. The van der Waals surface area contributed by atoms with E-state index in [0.717, 1.165) is 5.56 Å². The number of hydrogen-bond donors (Lipinski definition) is 2. The number of nitrogens with one attached hydrogen (secondary N) is 1. The summed E-state index contributed by atoms with van der Waals surface area (Å²) in [6, 6.07) is 12.4. The van der Waals surface area contributed by atoms with Crippen molar-refractivity contribution in [2.24, 2.45) is 5.14 Å². The number of primary sulfonamides is 1. The SMILES string of the molecule is COc1cc(S(N)(=O)=O)c(OC)cc1Nc1ncc(-c2ccccc2)o1. The number of hydrogen-bond acceptors (Lipinski definition) is 7. The van der Waals surface area contributed by atoms with E-state index in [4.69, 9.17) is 19.0 Å². The molecule has 0 unspecified atom stereocenters. The molecule has 2 aromatic carbocycles. The zero-order chi connectivity index (χ0) is 18.7. The van der Waals surface area contributed by atoms with E-state index in [1.54, 1.807) is 6.20 Å². The summed E-state index contributed by atoms with van der Waals surface area (Å²) in [5.41, 5.74) is 1.29. The largest absolute Gasteiger partial charge is 0.495 e. The lowest BCUT2D eigenvalue weighted by atomic mass is 10.2. The standard InChI is InChI=1S/C17H17N3O5S/c1-23-13-9-16(26(18,21)22)14(24-2)8-12(13)20-17-19-10-15(25-17)11-6-4-3-5-7-11/h3-10H,1-2H3,(H,19,20)(H2,18,21,22). The van der Waals surface area contributed by atoms with Gasteiger partial charge in [0.05, 0.1) is 26.1 Å². The van der Waals surface area contributed by atoms with Crippen molar-refractivity contribution in [3.8, 4) is 22.8 Å². The molecule has 0 bridgehead atoms. The lowest BCUT2D eigenvalue weighted by molar-refractivity contribution is 0.393. The maximum atomic E-state index is 11.7. The van der Waals surface area contributed by atoms with Crippen LogP contribution in [0.4, 0.5) is 11.7 Å². The van der Waals surface area contributed by atoms with Crippen LogP contribution in [0.1, 0.15) is 0 Å². The van der Waals surface area contributed by atoms with E-state index in [1.807, 2.05) is 30.3 Å². The van der Waals surface area contributed by atoms with E-state index >= 15 is 0 Å². The Balaban J connectivity index is 1.96. The summed E-state index contributed by atoms with van der Waals surface area (Å²) >= 11 is 0. The van der Waals surface area contributed by atoms with Crippen LogP contribution in [0.2, 0.25) is 0 Å². The maximum Gasteiger partial charge on any atom is 0.299 e. The van der Waals surface area contributed by atoms with Gasteiger partial charge in [-0.15, -0.1) is 0 Å². The lowest BCUT2D eigenvalue weighted by Gasteiger charge is -2.13. The molecule has 0 aliphatic carbocycles. The van der Waals surface area contributed by atoms with Crippen molar-refractivity contribution >= 4 is 21.7 Å². The van der Waals surface area contributed by atoms with Crippen LogP contribution in [0.3, 0.4) is 0 Å². The highest BCUT2D eigenvalue weighted by atomic mass is 32.2. The second-order valence-electron chi connectivity index (χ2n) is 5.27. The molecular weight excluding hydrogens is 358 g/mol. The molecule has 1 heterocycles. The molecule has 136 valence electrons. The predicted molar refractivity (Wildman–Crippen MR) is 96.1 cm³/mol. The molecule has 0 amide bonds. The number of aromatic nitrogens is 1. The van der Waals surface area contributed by atoms with Gasteiger partial charge in [0, 0.05) is 17.7 Å². The van der Waals surface area contributed by atoms with Crippen LogP contribution in [0, 0.1) is 0 Å². The predicted octanol–water partition coefficient (Wildman–Crippen LogP) is 2.75. The van der Waals surface area contributed by atoms with Crippen molar-refractivity contribution < 1.29 is 22.3 Å². The minimum atomic E-state index is -3.97. The van der Waals surface area contributed by atoms with Crippen LogP contribution in [0.5, 0.6) is 11.5 Å². The zero-order valence-electron chi connectivity index (χ0n) is 14.1. The number of sulfonamides is 1. The third-order valence-electron chi connectivity index (χ3n) is 3.60. The smallest absolute Gasteiger partial charge is 0.299 e. The summed E-state index contributed by atoms with van der Waals surface area (Å²) in [7, 11) is -1.22. The van der Waals surface area contributed by atoms with Crippen molar-refractivity contribution in [1.82, 2.24) is 4.98 Å². The van der Waals surface area contributed by atoms with Crippen molar-refractivity contribution in [1.29, 1.82) is 0 Å². The highest BCUT2D eigenvalue weighted by Gasteiger charge is 2.20. The molecule has 26 heavy (non-hydrogen) atoms. The van der Waals surface area contributed by atoms with Gasteiger partial charge in [0.2, 0.25) is 10.0 Å². The fourth-order valence-corrected chi connectivity index (χ4v) is 3.07. The van der Waals surface area contributed by atoms with Crippen LogP contribution >= 0.6 is 0 Å². The normalized spacial score (nSPS) is 11.2. The summed E-state index contributed by atoms with van der Waals surface area (Å²) in [5, 5.41) is 8.16. The average molecular weight is 375 g/mol. The van der Waals surface area contributed by atoms with Gasteiger partial charge in [-0.25, -0.2) is 18.5 Å². The fourth-order valence-electron chi connectivity index (χ4n) is 2.37. The molecule has 0 saturated carbocycles. The number of benzene rings is 2. The number of ether oxygens (including phenoxy) is 2. The fraction of sp³-hybridized carbons (Fsp3) is 0.118. The van der Waals surface area contributed by atoms with E-state index in [9.17, 15) is 8.42 Å². The lowest BCUT2D eigenvalue weighted by Crippen LogP contribution is -2.14. The van der Waals surface area contributed by atoms with Crippen LogP contribution in [0.15, 0.2) is 58.0 Å². The van der Waals surface area contributed by atoms with Gasteiger partial charge in [-0.1, -0.05) is 30.3 Å². The van der Waals surface area contributed by atoms with Crippen molar-refractivity contribution in [3.05, 3.63) is 48.7 Å². The molecule has 0 aliphatic heterocycles. The maximum absolute atomic E-state index is 11.7. The average Bonchev–Trinajstić information content (AvgIpc) is 3.09. The molecule has 8 nitrogen and oxygen atoms in total. The van der Waals surface area contributed by atoms with Crippen LogP contribution < -0.4 is 19.9 Å². The number of nitrogens with two attached hydrogens (primary N) is 1. The van der Waals surface area contributed by atoms with Crippen LogP contribution in [-0.4, -0.2) is 27.6 Å². The second-order valence-corrected chi connectivity index (χ2v) is 6.80. The summed E-state index contributed by atoms with van der Waals surface area (Å²) in [5.74, 6) is 0.903. The number of nitrogens with zero attached hydrogens (tertiary/aromatic N) is 1. The van der Waals surface area contributed by atoms with Gasteiger partial charge in [-0.3, -0.25) is 0 Å². The van der Waals surface area contributed by atoms with E-state index in [1.165, 1.54) is 26.4 Å². The first-order valence-corrected chi connectivity index (χ1v) is 9.04. The minimum Gasteiger partial charge on any atom is -0.495 e. The van der Waals surface area contributed by atoms with E-state index in [0.29, 0.717) is 11.4 Å². The molecule has 3 aromatic rings. The molecule has 0 aliphatic rings. The highest BCUT2D eigenvalue weighted by Crippen LogP contribution is 2.37. The van der Waals surface area contributed by atoms with E-state index in [-0.39, 0.29) is 22.4 Å². The first kappa shape index (κ1) is 17.8. The Morgan fingerprint density at radius 3 is 2.38 bits per heavy atom. The Bertz CT molecular complexity index is 1020. The summed E-state index contributed by atoms with van der Waals surface area (Å²) in [6.07, 6.45) is 1.58. The van der Waals surface area contributed by atoms with Crippen molar-refractivity contribution in [2.45, 2.75) is 4.90 Å². The quantitative estimate of drug-likeness (QED) is 0.680. The summed E-state index contributed by atoms with van der Waals surface area (Å²) in [6.45, 7) is 0. The molecule has 3 rings (SSSR count). The van der Waals surface area contributed by atoms with E-state index in [2.05, 4.69) is 10.3 Å². The van der Waals surface area contributed by atoms with Gasteiger partial charge in [0.1, 0.15) is 16.4 Å². The highest BCUT2D eigenvalue weighted by molar-refractivity contribution is 7.89. The molecule has 0 spiro atoms. The Labute approximate surface area is 150 Å². The number of methoxy groups -OCH3 is 2. The number of oxazole rings is 1. The van der Waals surface area contributed by atoms with Gasteiger partial charge in [0.15, 0.2) is 5.76 Å². The topological polar surface area (TPSA) is 117 Å². The van der Waals surface area contributed by atoms with E-state index < -0.39 is 10.0 Å². The molecule has 1 aromatic heterocycles. The Morgan fingerprint density at radius 2 is 1.77 bits per heavy atom. The van der Waals surface area contributed by atoms with Gasteiger partial charge in [-0.2, -0.15) is 0 Å². The molecule has 0 saturated heterocycles. The monoisotopic (exact) mass is 375 g/mol. The second kappa shape index (κ2) is 7.06. The molecule has 0 atom stereocenters. The third kappa shape index (κ3) is 3.63. The molecule has 0 fully saturated rings. The third-order valence-corrected chi connectivity index (χ3v) is 4.53. The Hall–Kier alpha value is -3.04. The van der Waals surface area contributed by atoms with Crippen molar-refractivity contribution in [2.75, 3.05) is 19.5 Å².